The van der Waals surface area contributed by atoms with E-state index in [0.717, 1.165) is 19.3 Å². The number of rotatable bonds is 4. The lowest BCUT2D eigenvalue weighted by atomic mass is 10.1. The average molecular weight is 163 g/mol. The molecule has 0 unspecified atom stereocenters. The van der Waals surface area contributed by atoms with E-state index in [4.69, 9.17) is 0 Å². The molecule has 0 aliphatic heterocycles. The molecule has 0 aliphatic rings. The van der Waals surface area contributed by atoms with Gasteiger partial charge in [-0.15, -0.1) is 0 Å². The maximum Gasteiger partial charge on any atom is 0.0825 e. The molecule has 1 nitrogen and oxygen atoms in total. The zero-order valence-electron chi connectivity index (χ0n) is 7.55. The van der Waals surface area contributed by atoms with Crippen LogP contribution in [0.15, 0.2) is 24.3 Å². The Morgan fingerprint density at radius 2 is 2.00 bits per heavy atom. The fourth-order valence-electron chi connectivity index (χ4n) is 1.28. The predicted octanol–water partition coefficient (Wildman–Crippen LogP) is 2.61. The molecule has 12 heavy (non-hydrogen) atoms. The molecular formula is C11H15O. The van der Waals surface area contributed by atoms with Gasteiger partial charge in [-0.1, -0.05) is 31.2 Å². The maximum absolute atomic E-state index is 10.3. The Morgan fingerprint density at radius 1 is 1.25 bits per heavy atom. The average Bonchev–Trinajstić information content (AvgIpc) is 2.15. The summed E-state index contributed by atoms with van der Waals surface area (Å²) < 4.78 is 0. The van der Waals surface area contributed by atoms with Crippen molar-refractivity contribution in [2.24, 2.45) is 0 Å². The zero-order chi connectivity index (χ0) is 8.81. The summed E-state index contributed by atoms with van der Waals surface area (Å²) in [6, 6.07) is 8.48. The van der Waals surface area contributed by atoms with Crippen molar-refractivity contribution in [3.8, 4) is 0 Å². The highest BCUT2D eigenvalue weighted by molar-refractivity contribution is 5.23. The third-order valence-corrected chi connectivity index (χ3v) is 2.01. The van der Waals surface area contributed by atoms with Gasteiger partial charge in [-0.2, -0.15) is 0 Å². The Balaban J connectivity index is 2.60. The van der Waals surface area contributed by atoms with Crippen LogP contribution in [0.3, 0.4) is 0 Å². The molecule has 0 fully saturated rings. The Morgan fingerprint density at radius 3 is 2.67 bits per heavy atom. The topological polar surface area (TPSA) is 19.9 Å². The summed E-state index contributed by atoms with van der Waals surface area (Å²) in [5.41, 5.74) is 2.66. The van der Waals surface area contributed by atoms with Gasteiger partial charge in [0, 0.05) is 0 Å². The summed E-state index contributed by atoms with van der Waals surface area (Å²) >= 11 is 0. The van der Waals surface area contributed by atoms with Crippen LogP contribution in [-0.2, 0) is 17.9 Å². The number of benzene rings is 1. The summed E-state index contributed by atoms with van der Waals surface area (Å²) in [5.74, 6) is 0. The van der Waals surface area contributed by atoms with Crippen LogP contribution in [0.2, 0.25) is 0 Å². The fourth-order valence-corrected chi connectivity index (χ4v) is 1.28. The molecule has 1 heteroatoms. The molecule has 0 aliphatic carbocycles. The van der Waals surface area contributed by atoms with E-state index in [2.05, 4.69) is 31.2 Å². The zero-order valence-corrected chi connectivity index (χ0v) is 7.55. The summed E-state index contributed by atoms with van der Waals surface area (Å²) in [4.78, 5) is 0. The van der Waals surface area contributed by atoms with Gasteiger partial charge >= 0.3 is 0 Å². The SMILES string of the molecule is CCc1cccc(CCC[O])c1. The molecule has 0 saturated carbocycles. The highest BCUT2D eigenvalue weighted by atomic mass is 16.2. The van der Waals surface area contributed by atoms with Gasteiger partial charge in [0.25, 0.3) is 0 Å². The van der Waals surface area contributed by atoms with E-state index < -0.39 is 0 Å². The van der Waals surface area contributed by atoms with E-state index in [1.807, 2.05) is 0 Å². The molecule has 0 N–H and O–H groups in total. The van der Waals surface area contributed by atoms with Crippen LogP contribution in [0, 0.1) is 0 Å². The van der Waals surface area contributed by atoms with Crippen LogP contribution < -0.4 is 0 Å². The molecule has 1 radical (unpaired) electrons. The first-order valence-corrected chi connectivity index (χ1v) is 4.52. The second-order valence-electron chi connectivity index (χ2n) is 2.98. The lowest BCUT2D eigenvalue weighted by molar-refractivity contribution is 0.189. The standard InChI is InChI=1S/C11H15O/c1-2-10-5-3-6-11(9-10)7-4-8-12/h3,5-6,9H,2,4,7-8H2,1H3. The van der Waals surface area contributed by atoms with Crippen LogP contribution in [0.1, 0.15) is 24.5 Å². The van der Waals surface area contributed by atoms with Crippen molar-refractivity contribution in [1.82, 2.24) is 0 Å². The molecule has 1 rings (SSSR count). The van der Waals surface area contributed by atoms with Crippen molar-refractivity contribution in [3.05, 3.63) is 35.4 Å². The van der Waals surface area contributed by atoms with Crippen LogP contribution in [0.25, 0.3) is 0 Å². The quantitative estimate of drug-likeness (QED) is 0.650. The number of hydrogen-bond donors (Lipinski definition) is 0. The molecule has 0 saturated heterocycles. The molecule has 1 aromatic carbocycles. The first-order valence-electron chi connectivity index (χ1n) is 4.52. The smallest absolute Gasteiger partial charge is 0.0825 e. The van der Waals surface area contributed by atoms with Gasteiger partial charge in [0.15, 0.2) is 0 Å². The summed E-state index contributed by atoms with van der Waals surface area (Å²) in [6.45, 7) is 2.18. The molecule has 0 atom stereocenters. The molecule has 65 valence electrons. The minimum atomic E-state index is 0.0380. The second kappa shape index (κ2) is 4.94. The van der Waals surface area contributed by atoms with Gasteiger partial charge in [0.05, 0.1) is 6.61 Å². The number of hydrogen-bond acceptors (Lipinski definition) is 0. The van der Waals surface area contributed by atoms with Crippen molar-refractivity contribution < 1.29 is 5.11 Å². The van der Waals surface area contributed by atoms with E-state index in [-0.39, 0.29) is 6.61 Å². The van der Waals surface area contributed by atoms with E-state index in [1.54, 1.807) is 0 Å². The normalized spacial score (nSPS) is 10.2. The summed E-state index contributed by atoms with van der Waals surface area (Å²) in [7, 11) is 0. The van der Waals surface area contributed by atoms with Crippen LogP contribution in [-0.4, -0.2) is 6.61 Å². The van der Waals surface area contributed by atoms with Crippen molar-refractivity contribution in [1.29, 1.82) is 0 Å². The van der Waals surface area contributed by atoms with E-state index in [9.17, 15) is 5.11 Å². The van der Waals surface area contributed by atoms with Crippen LogP contribution >= 0.6 is 0 Å². The second-order valence-corrected chi connectivity index (χ2v) is 2.98. The first kappa shape index (κ1) is 9.27. The molecular weight excluding hydrogens is 148 g/mol. The van der Waals surface area contributed by atoms with Crippen molar-refractivity contribution >= 4 is 0 Å². The fraction of sp³-hybridized carbons (Fsp3) is 0.455. The molecule has 0 bridgehead atoms. The molecule has 1 aromatic rings. The summed E-state index contributed by atoms with van der Waals surface area (Å²) in [6.07, 6.45) is 2.76. The third kappa shape index (κ3) is 2.67. The maximum atomic E-state index is 10.3. The molecule has 0 spiro atoms. The minimum absolute atomic E-state index is 0.0380. The van der Waals surface area contributed by atoms with Gasteiger partial charge in [-0.05, 0) is 30.4 Å². The Kier molecular flexibility index (Phi) is 3.81. The molecule has 0 amide bonds. The minimum Gasteiger partial charge on any atom is -0.237 e. The highest BCUT2D eigenvalue weighted by Crippen LogP contribution is 2.07. The predicted molar refractivity (Wildman–Crippen MR) is 49.7 cm³/mol. The molecule has 0 heterocycles. The van der Waals surface area contributed by atoms with Gasteiger partial charge in [0.2, 0.25) is 0 Å². The lowest BCUT2D eigenvalue weighted by Gasteiger charge is -2.01. The van der Waals surface area contributed by atoms with Crippen LogP contribution in [0.4, 0.5) is 0 Å². The lowest BCUT2D eigenvalue weighted by Crippen LogP contribution is -1.89. The van der Waals surface area contributed by atoms with Crippen molar-refractivity contribution in [2.45, 2.75) is 26.2 Å². The van der Waals surface area contributed by atoms with Gasteiger partial charge in [-0.25, -0.2) is 5.11 Å². The number of aryl methyl sites for hydroxylation is 2. The van der Waals surface area contributed by atoms with Gasteiger partial charge in [0.1, 0.15) is 0 Å². The Labute approximate surface area is 74.1 Å². The first-order chi connectivity index (χ1) is 5.86. The monoisotopic (exact) mass is 163 g/mol. The Hall–Kier alpha value is -0.820. The van der Waals surface area contributed by atoms with Crippen molar-refractivity contribution in [2.75, 3.05) is 6.61 Å². The largest absolute Gasteiger partial charge is 0.237 e. The van der Waals surface area contributed by atoms with Gasteiger partial charge < -0.3 is 0 Å². The van der Waals surface area contributed by atoms with E-state index in [0.29, 0.717) is 0 Å². The third-order valence-electron chi connectivity index (χ3n) is 2.01. The summed E-state index contributed by atoms with van der Waals surface area (Å²) in [5, 5.41) is 10.3. The molecule has 0 aromatic heterocycles. The van der Waals surface area contributed by atoms with Crippen molar-refractivity contribution in [3.63, 3.8) is 0 Å². The van der Waals surface area contributed by atoms with E-state index >= 15 is 0 Å². The van der Waals surface area contributed by atoms with Crippen LogP contribution in [0.5, 0.6) is 0 Å². The highest BCUT2D eigenvalue weighted by Gasteiger charge is 1.93. The van der Waals surface area contributed by atoms with Gasteiger partial charge in [-0.3, -0.25) is 0 Å². The Bertz CT molecular complexity index is 230. The van der Waals surface area contributed by atoms with E-state index in [1.165, 1.54) is 11.1 Å².